The molecule has 0 saturated carbocycles. The predicted molar refractivity (Wildman–Crippen MR) is 82.1 cm³/mol. The molecule has 0 radical (unpaired) electrons. The Bertz CT molecular complexity index is 840. The van der Waals surface area contributed by atoms with Crippen molar-refractivity contribution in [3.05, 3.63) is 59.7 Å². The van der Waals surface area contributed by atoms with Gasteiger partial charge in [0.15, 0.2) is 0 Å². The zero-order valence-electron chi connectivity index (χ0n) is 11.4. The standard InChI is InChI=1S/C18H16O3/c19-15-9-14-13(17(20)18(15)21)8-7-11-6-5-10-3-1-2-4-12(10)16(11)14/h1-8,15,17-21H,9H2/t15-,17-,18-/m0/s1. The Labute approximate surface area is 122 Å². The van der Waals surface area contributed by atoms with Gasteiger partial charge in [0, 0.05) is 6.42 Å². The summed E-state index contributed by atoms with van der Waals surface area (Å²) in [5.41, 5.74) is 1.66. The molecular formula is C18H16O3. The van der Waals surface area contributed by atoms with Crippen molar-refractivity contribution in [3.63, 3.8) is 0 Å². The summed E-state index contributed by atoms with van der Waals surface area (Å²) in [6, 6.07) is 16.1. The van der Waals surface area contributed by atoms with Crippen molar-refractivity contribution in [2.45, 2.75) is 24.7 Å². The zero-order chi connectivity index (χ0) is 14.6. The molecule has 0 unspecified atom stereocenters. The molecule has 0 aromatic heterocycles. The van der Waals surface area contributed by atoms with Crippen LogP contribution in [0.15, 0.2) is 48.5 Å². The van der Waals surface area contributed by atoms with E-state index in [4.69, 9.17) is 0 Å². The van der Waals surface area contributed by atoms with Crippen LogP contribution in [-0.2, 0) is 6.42 Å². The van der Waals surface area contributed by atoms with Gasteiger partial charge in [-0.25, -0.2) is 0 Å². The van der Waals surface area contributed by atoms with E-state index in [1.807, 2.05) is 24.3 Å². The summed E-state index contributed by atoms with van der Waals surface area (Å²) in [5.74, 6) is 0. The second-order valence-electron chi connectivity index (χ2n) is 5.73. The second kappa shape index (κ2) is 4.53. The normalized spacial score (nSPS) is 25.2. The smallest absolute Gasteiger partial charge is 0.110 e. The molecule has 0 spiro atoms. The molecule has 3 nitrogen and oxygen atoms in total. The summed E-state index contributed by atoms with van der Waals surface area (Å²) < 4.78 is 0. The van der Waals surface area contributed by atoms with E-state index >= 15 is 0 Å². The van der Waals surface area contributed by atoms with Crippen LogP contribution in [0.5, 0.6) is 0 Å². The maximum absolute atomic E-state index is 10.2. The van der Waals surface area contributed by atoms with E-state index in [2.05, 4.69) is 24.3 Å². The Morgan fingerprint density at radius 3 is 2.38 bits per heavy atom. The third-order valence-electron chi connectivity index (χ3n) is 4.50. The van der Waals surface area contributed by atoms with Crippen LogP contribution in [0.3, 0.4) is 0 Å². The maximum Gasteiger partial charge on any atom is 0.110 e. The highest BCUT2D eigenvalue weighted by atomic mass is 16.4. The van der Waals surface area contributed by atoms with Crippen molar-refractivity contribution >= 4 is 21.5 Å². The van der Waals surface area contributed by atoms with Crippen LogP contribution >= 0.6 is 0 Å². The molecule has 0 aliphatic heterocycles. The van der Waals surface area contributed by atoms with E-state index in [9.17, 15) is 15.3 Å². The van der Waals surface area contributed by atoms with Gasteiger partial charge in [-0.1, -0.05) is 48.5 Å². The lowest BCUT2D eigenvalue weighted by atomic mass is 9.81. The van der Waals surface area contributed by atoms with Gasteiger partial charge in [-0.05, 0) is 32.7 Å². The predicted octanol–water partition coefficient (Wildman–Crippen LogP) is 2.30. The first kappa shape index (κ1) is 12.8. The number of rotatable bonds is 0. The van der Waals surface area contributed by atoms with Crippen LogP contribution < -0.4 is 0 Å². The minimum atomic E-state index is -1.12. The van der Waals surface area contributed by atoms with E-state index in [1.54, 1.807) is 0 Å². The molecule has 1 aliphatic carbocycles. The minimum Gasteiger partial charge on any atom is -0.390 e. The molecule has 3 aromatic carbocycles. The molecule has 21 heavy (non-hydrogen) atoms. The molecule has 3 aromatic rings. The molecule has 0 heterocycles. The number of hydrogen-bond donors (Lipinski definition) is 3. The van der Waals surface area contributed by atoms with E-state index in [0.29, 0.717) is 6.42 Å². The van der Waals surface area contributed by atoms with Crippen molar-refractivity contribution in [3.8, 4) is 0 Å². The van der Waals surface area contributed by atoms with Gasteiger partial charge < -0.3 is 15.3 Å². The lowest BCUT2D eigenvalue weighted by Crippen LogP contribution is -2.38. The van der Waals surface area contributed by atoms with Gasteiger partial charge in [0.05, 0.1) is 6.10 Å². The molecule has 0 amide bonds. The Balaban J connectivity index is 2.13. The van der Waals surface area contributed by atoms with E-state index < -0.39 is 18.3 Å². The van der Waals surface area contributed by atoms with Gasteiger partial charge in [-0.15, -0.1) is 0 Å². The second-order valence-corrected chi connectivity index (χ2v) is 5.73. The van der Waals surface area contributed by atoms with Gasteiger partial charge >= 0.3 is 0 Å². The van der Waals surface area contributed by atoms with Crippen molar-refractivity contribution < 1.29 is 15.3 Å². The van der Waals surface area contributed by atoms with Crippen molar-refractivity contribution in [1.29, 1.82) is 0 Å². The summed E-state index contributed by atoms with van der Waals surface area (Å²) in [7, 11) is 0. The Kier molecular flexibility index (Phi) is 2.76. The molecule has 0 fully saturated rings. The minimum absolute atomic E-state index is 0.360. The fourth-order valence-electron chi connectivity index (χ4n) is 3.41. The SMILES string of the molecule is O[C@H]1[C@@H](O)Cc2c(ccc3ccc4ccccc4c23)[C@@H]1O. The average Bonchev–Trinajstić information content (AvgIpc) is 2.52. The van der Waals surface area contributed by atoms with Crippen molar-refractivity contribution in [2.75, 3.05) is 0 Å². The molecule has 3 heteroatoms. The Hall–Kier alpha value is -1.94. The first-order valence-electron chi connectivity index (χ1n) is 7.14. The summed E-state index contributed by atoms with van der Waals surface area (Å²) in [6.45, 7) is 0. The number of aliphatic hydroxyl groups is 3. The third-order valence-corrected chi connectivity index (χ3v) is 4.50. The Morgan fingerprint density at radius 1 is 0.810 bits per heavy atom. The number of aliphatic hydroxyl groups excluding tert-OH is 3. The van der Waals surface area contributed by atoms with E-state index in [0.717, 1.165) is 32.7 Å². The highest BCUT2D eigenvalue weighted by Gasteiger charge is 2.34. The quantitative estimate of drug-likeness (QED) is 0.554. The van der Waals surface area contributed by atoms with Crippen molar-refractivity contribution in [2.24, 2.45) is 0 Å². The van der Waals surface area contributed by atoms with Crippen LogP contribution in [0.2, 0.25) is 0 Å². The van der Waals surface area contributed by atoms with Gasteiger partial charge in [0.1, 0.15) is 12.2 Å². The monoisotopic (exact) mass is 280 g/mol. The maximum atomic E-state index is 10.2. The van der Waals surface area contributed by atoms with Crippen molar-refractivity contribution in [1.82, 2.24) is 0 Å². The van der Waals surface area contributed by atoms with Crippen LogP contribution in [-0.4, -0.2) is 27.5 Å². The molecule has 3 N–H and O–H groups in total. The largest absolute Gasteiger partial charge is 0.390 e. The first-order valence-corrected chi connectivity index (χ1v) is 7.14. The topological polar surface area (TPSA) is 60.7 Å². The summed E-state index contributed by atoms with van der Waals surface area (Å²) in [6.07, 6.45) is -2.73. The lowest BCUT2D eigenvalue weighted by Gasteiger charge is -2.31. The molecule has 106 valence electrons. The molecule has 0 bridgehead atoms. The first-order chi connectivity index (χ1) is 10.2. The highest BCUT2D eigenvalue weighted by molar-refractivity contribution is 6.09. The summed E-state index contributed by atoms with van der Waals surface area (Å²) >= 11 is 0. The zero-order valence-corrected chi connectivity index (χ0v) is 11.4. The van der Waals surface area contributed by atoms with Crippen LogP contribution in [0.25, 0.3) is 21.5 Å². The Morgan fingerprint density at radius 2 is 1.52 bits per heavy atom. The molecular weight excluding hydrogens is 264 g/mol. The molecule has 4 rings (SSSR count). The molecule has 3 atom stereocenters. The van der Waals surface area contributed by atoms with Crippen LogP contribution in [0.1, 0.15) is 17.2 Å². The lowest BCUT2D eigenvalue weighted by molar-refractivity contribution is -0.0682. The highest BCUT2D eigenvalue weighted by Crippen LogP contribution is 2.38. The number of hydrogen-bond acceptors (Lipinski definition) is 3. The fourth-order valence-corrected chi connectivity index (χ4v) is 3.41. The van der Waals surface area contributed by atoms with Gasteiger partial charge in [-0.2, -0.15) is 0 Å². The number of benzene rings is 3. The van der Waals surface area contributed by atoms with E-state index in [-0.39, 0.29) is 0 Å². The van der Waals surface area contributed by atoms with Crippen LogP contribution in [0.4, 0.5) is 0 Å². The average molecular weight is 280 g/mol. The molecule has 0 saturated heterocycles. The summed E-state index contributed by atoms with van der Waals surface area (Å²) in [5, 5.41) is 34.5. The molecule has 1 aliphatic rings. The summed E-state index contributed by atoms with van der Waals surface area (Å²) in [4.78, 5) is 0. The van der Waals surface area contributed by atoms with Gasteiger partial charge in [0.2, 0.25) is 0 Å². The van der Waals surface area contributed by atoms with Crippen LogP contribution in [0, 0.1) is 0 Å². The van der Waals surface area contributed by atoms with Gasteiger partial charge in [0.25, 0.3) is 0 Å². The fraction of sp³-hybridized carbons (Fsp3) is 0.222. The third kappa shape index (κ3) is 1.79. The van der Waals surface area contributed by atoms with Gasteiger partial charge in [-0.3, -0.25) is 0 Å². The number of fused-ring (bicyclic) bond motifs is 5. The van der Waals surface area contributed by atoms with E-state index in [1.165, 1.54) is 0 Å².